The van der Waals surface area contributed by atoms with Crippen molar-refractivity contribution in [2.45, 2.75) is 97.4 Å². The SMILES string of the molecule is Cc1cccc(-c2[nH]c(CN(CCCc3ccccc3)C(=O)OCc3ccc(NC(=O)C(CCCNC(N)=O)NC(=O)C(NC(=O)CCCCCN4C(=O)C=CC4=O)C(C)C)cc3)nc2-c2ccc3ncnn3c2)n1. The van der Waals surface area contributed by atoms with Crippen LogP contribution in [0.4, 0.5) is 15.3 Å². The zero-order valence-electron chi connectivity index (χ0n) is 42.3. The standard InChI is InChI=1S/C54H63N13O8/c1-35(2)48(64-45(68)19-8-5-9-30-66-46(69)26-27-47(66)70)52(72)61-42(18-11-28-56-53(55)73)51(71)60-40-23-20-38(21-24-40)33-75-54(74)65(29-12-16-37-14-6-4-7-15-37)32-43-62-49(39-22-25-44-57-34-58-67(44)31-39)50(63-43)41-17-10-13-36(3)59-41/h4,6-7,10,13-15,17,20-27,31,34-35,42,48H,5,8-9,11-12,16,18-19,28-30,32-33H2,1-3H3,(H,60,71)(H,61,72)(H,62,63)(H,64,68)(H3,55,56,73). The first-order valence-corrected chi connectivity index (χ1v) is 25.1. The molecule has 0 fully saturated rings. The highest BCUT2D eigenvalue weighted by Crippen LogP contribution is 2.30. The second kappa shape index (κ2) is 26.3. The van der Waals surface area contributed by atoms with Crippen LogP contribution in [0.3, 0.4) is 0 Å². The van der Waals surface area contributed by atoms with Gasteiger partial charge in [0.05, 0.1) is 23.6 Å². The van der Waals surface area contributed by atoms with Gasteiger partial charge in [-0.25, -0.2) is 24.1 Å². The van der Waals surface area contributed by atoms with Gasteiger partial charge < -0.3 is 41.6 Å². The van der Waals surface area contributed by atoms with Crippen LogP contribution in [0, 0.1) is 12.8 Å². The highest BCUT2D eigenvalue weighted by atomic mass is 16.6. The first kappa shape index (κ1) is 54.0. The summed E-state index contributed by atoms with van der Waals surface area (Å²) in [5.41, 5.74) is 11.7. The van der Waals surface area contributed by atoms with Crippen LogP contribution in [0.2, 0.25) is 0 Å². The third-order valence-electron chi connectivity index (χ3n) is 12.4. The first-order chi connectivity index (χ1) is 36.2. The van der Waals surface area contributed by atoms with E-state index >= 15 is 0 Å². The number of carbonyl (C=O) groups excluding carboxylic acids is 7. The van der Waals surface area contributed by atoms with Crippen molar-refractivity contribution in [2.24, 2.45) is 11.7 Å². The van der Waals surface area contributed by atoms with Gasteiger partial charge in [0.25, 0.3) is 11.8 Å². The molecule has 4 aromatic heterocycles. The summed E-state index contributed by atoms with van der Waals surface area (Å²) in [4.78, 5) is 110. The number of fused-ring (bicyclic) bond motifs is 1. The number of ether oxygens (including phenoxy) is 1. The van der Waals surface area contributed by atoms with Crippen molar-refractivity contribution in [1.82, 2.24) is 55.3 Å². The van der Waals surface area contributed by atoms with E-state index in [0.29, 0.717) is 78.5 Å². The summed E-state index contributed by atoms with van der Waals surface area (Å²) >= 11 is 0. The van der Waals surface area contributed by atoms with E-state index in [1.807, 2.05) is 73.8 Å². The number of imide groups is 1. The largest absolute Gasteiger partial charge is 0.445 e. The molecule has 8 amide bonds. The van der Waals surface area contributed by atoms with Crippen LogP contribution < -0.4 is 27.0 Å². The summed E-state index contributed by atoms with van der Waals surface area (Å²) < 4.78 is 7.58. The summed E-state index contributed by atoms with van der Waals surface area (Å²) in [7, 11) is 0. The summed E-state index contributed by atoms with van der Waals surface area (Å²) in [5, 5.41) is 15.2. The van der Waals surface area contributed by atoms with Crippen molar-refractivity contribution in [2.75, 3.05) is 25.0 Å². The Labute approximate surface area is 434 Å². The average Bonchev–Trinajstić information content (AvgIpc) is 4.14. The molecule has 2 aromatic carbocycles. The van der Waals surface area contributed by atoms with E-state index < -0.39 is 36.0 Å². The maximum atomic E-state index is 14.0. The van der Waals surface area contributed by atoms with Gasteiger partial charge >= 0.3 is 12.1 Å². The Hall–Kier alpha value is -8.75. The molecule has 21 nitrogen and oxygen atoms in total. The van der Waals surface area contributed by atoms with Gasteiger partial charge in [0.1, 0.15) is 30.8 Å². The van der Waals surface area contributed by atoms with Crippen molar-refractivity contribution in [3.05, 3.63) is 132 Å². The Balaban J connectivity index is 0.977. The van der Waals surface area contributed by atoms with Gasteiger partial charge in [-0.2, -0.15) is 5.10 Å². The van der Waals surface area contributed by atoms with Crippen molar-refractivity contribution < 1.29 is 38.3 Å². The fraction of sp³-hybridized carbons (Fsp3) is 0.352. The molecule has 2 unspecified atom stereocenters. The van der Waals surface area contributed by atoms with Gasteiger partial charge in [0, 0.05) is 61.3 Å². The van der Waals surface area contributed by atoms with Crippen LogP contribution in [0.15, 0.2) is 110 Å². The molecular weight excluding hydrogens is 959 g/mol. The number of nitrogens with one attached hydrogen (secondary N) is 5. The number of nitrogens with two attached hydrogens (primary N) is 1. The van der Waals surface area contributed by atoms with Crippen LogP contribution in [-0.4, -0.2) is 113 Å². The minimum atomic E-state index is -1.06. The molecule has 7 rings (SSSR count). The fourth-order valence-electron chi connectivity index (χ4n) is 8.43. The number of imidazole rings is 1. The highest BCUT2D eigenvalue weighted by Gasteiger charge is 2.29. The van der Waals surface area contributed by atoms with Gasteiger partial charge in [0.2, 0.25) is 17.7 Å². The van der Waals surface area contributed by atoms with E-state index in [1.165, 1.54) is 18.5 Å². The van der Waals surface area contributed by atoms with Crippen molar-refractivity contribution in [1.29, 1.82) is 0 Å². The molecule has 1 aliphatic rings. The Morgan fingerprint density at radius 3 is 2.32 bits per heavy atom. The molecule has 1 aliphatic heterocycles. The van der Waals surface area contributed by atoms with E-state index in [2.05, 4.69) is 36.3 Å². The number of benzene rings is 2. The molecule has 392 valence electrons. The molecule has 0 spiro atoms. The number of hydrogen-bond acceptors (Lipinski definition) is 12. The molecule has 0 saturated heterocycles. The predicted molar refractivity (Wildman–Crippen MR) is 279 cm³/mol. The van der Waals surface area contributed by atoms with Gasteiger partial charge in [-0.1, -0.05) is 68.8 Å². The molecule has 6 aromatic rings. The monoisotopic (exact) mass is 1020 g/mol. The molecule has 7 N–H and O–H groups in total. The summed E-state index contributed by atoms with van der Waals surface area (Å²) in [6.07, 6.45) is 8.75. The Kier molecular flexibility index (Phi) is 18.9. The van der Waals surface area contributed by atoms with Crippen LogP contribution in [0.1, 0.15) is 81.4 Å². The zero-order chi connectivity index (χ0) is 53.3. The molecule has 5 heterocycles. The van der Waals surface area contributed by atoms with Crippen molar-refractivity contribution in [3.8, 4) is 22.6 Å². The van der Waals surface area contributed by atoms with E-state index in [0.717, 1.165) is 28.1 Å². The fourth-order valence-corrected chi connectivity index (χ4v) is 8.43. The third-order valence-corrected chi connectivity index (χ3v) is 12.4. The summed E-state index contributed by atoms with van der Waals surface area (Å²) in [6, 6.07) is 23.5. The topological polar surface area (TPSA) is 281 Å². The first-order valence-electron chi connectivity index (χ1n) is 25.1. The maximum absolute atomic E-state index is 14.0. The lowest BCUT2D eigenvalue weighted by Crippen LogP contribution is -2.54. The second-order valence-electron chi connectivity index (χ2n) is 18.6. The van der Waals surface area contributed by atoms with Crippen LogP contribution in [0.25, 0.3) is 28.3 Å². The van der Waals surface area contributed by atoms with Crippen LogP contribution >= 0.6 is 0 Å². The van der Waals surface area contributed by atoms with Crippen molar-refractivity contribution in [3.63, 3.8) is 0 Å². The molecule has 2 atom stereocenters. The number of urea groups is 1. The summed E-state index contributed by atoms with van der Waals surface area (Å²) in [5.74, 6) is -1.98. The molecule has 0 aliphatic carbocycles. The van der Waals surface area contributed by atoms with Crippen LogP contribution in [0.5, 0.6) is 0 Å². The Morgan fingerprint density at radius 2 is 1.59 bits per heavy atom. The Morgan fingerprint density at radius 1 is 0.813 bits per heavy atom. The number of pyridine rings is 2. The molecule has 75 heavy (non-hydrogen) atoms. The number of rotatable bonds is 26. The number of anilines is 1. The maximum Gasteiger partial charge on any atom is 0.410 e. The summed E-state index contributed by atoms with van der Waals surface area (Å²) in [6.45, 7) is 6.27. The minimum Gasteiger partial charge on any atom is -0.445 e. The number of aromatic amines is 1. The van der Waals surface area contributed by atoms with E-state index in [-0.39, 0.29) is 62.7 Å². The van der Waals surface area contributed by atoms with E-state index in [1.54, 1.807) is 47.5 Å². The third kappa shape index (κ3) is 15.6. The number of aromatic nitrogens is 6. The molecular formula is C54H63N13O8. The van der Waals surface area contributed by atoms with Crippen molar-refractivity contribution >= 4 is 53.0 Å². The number of nitrogens with zero attached hydrogens (tertiary/aromatic N) is 7. The van der Waals surface area contributed by atoms with Gasteiger partial charge in [-0.15, -0.1) is 0 Å². The lowest BCUT2D eigenvalue weighted by molar-refractivity contribution is -0.137. The second-order valence-corrected chi connectivity index (χ2v) is 18.6. The van der Waals surface area contributed by atoms with Gasteiger partial charge in [-0.05, 0) is 98.9 Å². The zero-order valence-corrected chi connectivity index (χ0v) is 42.3. The van der Waals surface area contributed by atoms with Gasteiger partial charge in [0.15, 0.2) is 5.65 Å². The molecule has 0 saturated carbocycles. The number of aryl methyl sites for hydroxylation is 2. The number of unbranched alkanes of at least 4 members (excludes halogenated alkanes) is 2. The smallest absolute Gasteiger partial charge is 0.410 e. The number of H-pyrrole nitrogens is 1. The average molecular weight is 1020 g/mol. The minimum absolute atomic E-state index is 0.0752. The lowest BCUT2D eigenvalue weighted by atomic mass is 10.0. The molecule has 21 heteroatoms. The quantitative estimate of drug-likeness (QED) is 0.0280. The highest BCUT2D eigenvalue weighted by molar-refractivity contribution is 6.12. The number of carbonyl (C=O) groups is 7. The number of amides is 8. The predicted octanol–water partition coefficient (Wildman–Crippen LogP) is 5.76. The number of primary amides is 1. The molecule has 0 radical (unpaired) electrons. The van der Waals surface area contributed by atoms with E-state index in [4.69, 9.17) is 20.4 Å². The Bertz CT molecular complexity index is 2970. The van der Waals surface area contributed by atoms with Crippen LogP contribution in [-0.2, 0) is 48.3 Å². The van der Waals surface area contributed by atoms with Gasteiger partial charge in [-0.3, -0.25) is 33.9 Å². The normalized spacial score (nSPS) is 12.9. The van der Waals surface area contributed by atoms with E-state index in [9.17, 15) is 33.6 Å². The molecule has 0 bridgehead atoms. The lowest BCUT2D eigenvalue weighted by Gasteiger charge is -2.25. The number of hydrogen-bond donors (Lipinski definition) is 6.